The zero-order valence-corrected chi connectivity index (χ0v) is 17.8. The number of piperidine rings is 1. The number of sulfonamides is 1. The third-order valence-electron chi connectivity index (χ3n) is 5.55. The molecule has 1 fully saturated rings. The van der Waals surface area contributed by atoms with E-state index in [-0.39, 0.29) is 34.9 Å². The maximum absolute atomic E-state index is 13.1. The SMILES string of the molecule is C[C@@H](Nc1cccc2c1C(=O)N(C1CCC(=O)NC1=O)C2=O)c1ccc(S(N)(=O)=O)cc1. The quantitative estimate of drug-likeness (QED) is 0.565. The molecule has 1 saturated heterocycles. The van der Waals surface area contributed by atoms with Crippen LogP contribution in [0.15, 0.2) is 47.4 Å². The van der Waals surface area contributed by atoms with Crippen LogP contribution >= 0.6 is 0 Å². The number of imide groups is 2. The lowest BCUT2D eigenvalue weighted by Crippen LogP contribution is -2.54. The van der Waals surface area contributed by atoms with Gasteiger partial charge in [-0.25, -0.2) is 13.6 Å². The molecule has 2 aliphatic heterocycles. The first-order chi connectivity index (χ1) is 15.1. The van der Waals surface area contributed by atoms with Gasteiger partial charge < -0.3 is 5.32 Å². The van der Waals surface area contributed by atoms with Crippen molar-refractivity contribution in [3.8, 4) is 0 Å². The highest BCUT2D eigenvalue weighted by atomic mass is 32.2. The van der Waals surface area contributed by atoms with E-state index >= 15 is 0 Å². The number of carbonyl (C=O) groups excluding carboxylic acids is 4. The molecule has 166 valence electrons. The second-order valence-electron chi connectivity index (χ2n) is 7.66. The number of fused-ring (bicyclic) bond motifs is 1. The third kappa shape index (κ3) is 3.76. The molecule has 0 saturated carbocycles. The molecule has 10 nitrogen and oxygen atoms in total. The van der Waals surface area contributed by atoms with Gasteiger partial charge in [0.2, 0.25) is 21.8 Å². The third-order valence-corrected chi connectivity index (χ3v) is 6.48. The summed E-state index contributed by atoms with van der Waals surface area (Å²) in [5, 5.41) is 10.5. The van der Waals surface area contributed by atoms with Crippen LogP contribution in [0.2, 0.25) is 0 Å². The topological polar surface area (TPSA) is 156 Å². The minimum absolute atomic E-state index is 0.0188. The number of benzene rings is 2. The van der Waals surface area contributed by atoms with Crippen molar-refractivity contribution in [2.45, 2.75) is 36.7 Å². The molecule has 0 spiro atoms. The number of rotatable bonds is 5. The molecule has 4 rings (SSSR count). The Morgan fingerprint density at radius 1 is 1.06 bits per heavy atom. The molecule has 0 radical (unpaired) electrons. The van der Waals surface area contributed by atoms with Crippen molar-refractivity contribution in [3.63, 3.8) is 0 Å². The Bertz CT molecular complexity index is 1260. The van der Waals surface area contributed by atoms with Gasteiger partial charge in [0.15, 0.2) is 0 Å². The van der Waals surface area contributed by atoms with Gasteiger partial charge in [0.1, 0.15) is 6.04 Å². The minimum atomic E-state index is -3.81. The second kappa shape index (κ2) is 7.84. The molecular weight excluding hydrogens is 436 g/mol. The van der Waals surface area contributed by atoms with Crippen LogP contribution in [0.25, 0.3) is 0 Å². The van der Waals surface area contributed by atoms with E-state index in [0.717, 1.165) is 10.5 Å². The zero-order chi connectivity index (χ0) is 23.2. The zero-order valence-electron chi connectivity index (χ0n) is 17.0. The summed E-state index contributed by atoms with van der Waals surface area (Å²) in [4.78, 5) is 50.6. The number of amides is 4. The van der Waals surface area contributed by atoms with Crippen molar-refractivity contribution in [1.29, 1.82) is 0 Å². The molecule has 32 heavy (non-hydrogen) atoms. The van der Waals surface area contributed by atoms with E-state index in [4.69, 9.17) is 5.14 Å². The van der Waals surface area contributed by atoms with E-state index < -0.39 is 39.7 Å². The number of nitrogens with two attached hydrogens (primary N) is 1. The van der Waals surface area contributed by atoms with Crippen LogP contribution < -0.4 is 15.8 Å². The molecule has 1 unspecified atom stereocenters. The standard InChI is InChI=1S/C21H20N4O6S/c1-11(12-5-7-13(8-6-12)32(22,30)31)23-15-4-2-3-14-18(15)21(29)25(20(14)28)16-9-10-17(26)24-19(16)27/h2-8,11,16,23H,9-10H2,1H3,(H2,22,30,31)(H,24,26,27)/t11-,16?/m1/s1. The lowest BCUT2D eigenvalue weighted by Gasteiger charge is -2.28. The number of hydrogen-bond donors (Lipinski definition) is 3. The fourth-order valence-electron chi connectivity index (χ4n) is 3.90. The molecule has 2 aliphatic rings. The summed E-state index contributed by atoms with van der Waals surface area (Å²) >= 11 is 0. The van der Waals surface area contributed by atoms with E-state index in [1.54, 1.807) is 24.3 Å². The van der Waals surface area contributed by atoms with Crippen LogP contribution in [0.1, 0.15) is 52.1 Å². The lowest BCUT2D eigenvalue weighted by atomic mass is 10.0. The Kier molecular flexibility index (Phi) is 5.31. The molecule has 2 heterocycles. The molecule has 0 aliphatic carbocycles. The summed E-state index contributed by atoms with van der Waals surface area (Å²) in [7, 11) is -3.81. The van der Waals surface area contributed by atoms with Gasteiger partial charge in [-0.1, -0.05) is 18.2 Å². The van der Waals surface area contributed by atoms with Crippen molar-refractivity contribution in [2.75, 3.05) is 5.32 Å². The van der Waals surface area contributed by atoms with Crippen molar-refractivity contribution in [3.05, 3.63) is 59.2 Å². The van der Waals surface area contributed by atoms with Gasteiger partial charge in [0, 0.05) is 18.2 Å². The van der Waals surface area contributed by atoms with Crippen LogP contribution in [0, 0.1) is 0 Å². The Balaban J connectivity index is 1.61. The smallest absolute Gasteiger partial charge is 0.264 e. The minimum Gasteiger partial charge on any atom is -0.378 e. The predicted octanol–water partition coefficient (Wildman–Crippen LogP) is 0.908. The van der Waals surface area contributed by atoms with Gasteiger partial charge in [0.25, 0.3) is 11.8 Å². The highest BCUT2D eigenvalue weighted by Gasteiger charge is 2.45. The Labute approximate surface area is 183 Å². The molecule has 2 aromatic rings. The predicted molar refractivity (Wildman–Crippen MR) is 113 cm³/mol. The molecule has 4 N–H and O–H groups in total. The Morgan fingerprint density at radius 3 is 2.38 bits per heavy atom. The van der Waals surface area contributed by atoms with Crippen molar-refractivity contribution in [2.24, 2.45) is 5.14 Å². The van der Waals surface area contributed by atoms with E-state index in [2.05, 4.69) is 10.6 Å². The number of carbonyl (C=O) groups is 4. The Morgan fingerprint density at radius 2 is 1.75 bits per heavy atom. The molecular formula is C21H20N4O6S. The summed E-state index contributed by atoms with van der Waals surface area (Å²) in [5.41, 5.74) is 1.45. The van der Waals surface area contributed by atoms with Gasteiger partial charge in [0.05, 0.1) is 16.0 Å². The number of nitrogens with zero attached hydrogens (tertiary/aromatic N) is 1. The van der Waals surface area contributed by atoms with Gasteiger partial charge in [-0.05, 0) is 43.2 Å². The highest BCUT2D eigenvalue weighted by molar-refractivity contribution is 7.89. The summed E-state index contributed by atoms with van der Waals surface area (Å²) in [6.07, 6.45) is 0.117. The van der Waals surface area contributed by atoms with Crippen molar-refractivity contribution in [1.82, 2.24) is 10.2 Å². The molecule has 0 bridgehead atoms. The average Bonchev–Trinajstić information content (AvgIpc) is 2.99. The number of primary sulfonamides is 1. The molecule has 4 amide bonds. The molecule has 11 heteroatoms. The molecule has 0 aromatic heterocycles. The van der Waals surface area contributed by atoms with E-state index in [0.29, 0.717) is 5.69 Å². The summed E-state index contributed by atoms with van der Waals surface area (Å²) in [5.74, 6) is -2.31. The van der Waals surface area contributed by atoms with E-state index in [1.807, 2.05) is 6.92 Å². The van der Waals surface area contributed by atoms with Crippen LogP contribution in [0.5, 0.6) is 0 Å². The summed E-state index contributed by atoms with van der Waals surface area (Å²) in [6, 6.07) is 9.37. The van der Waals surface area contributed by atoms with Crippen LogP contribution in [-0.2, 0) is 19.6 Å². The largest absolute Gasteiger partial charge is 0.378 e. The first kappa shape index (κ1) is 21.7. The van der Waals surface area contributed by atoms with Crippen molar-refractivity contribution >= 4 is 39.3 Å². The molecule has 2 atom stereocenters. The normalized spacial score (nSPS) is 19.6. The van der Waals surface area contributed by atoms with Gasteiger partial charge in [-0.15, -0.1) is 0 Å². The van der Waals surface area contributed by atoms with Crippen LogP contribution in [0.4, 0.5) is 5.69 Å². The van der Waals surface area contributed by atoms with Crippen LogP contribution in [-0.4, -0.2) is 43.0 Å². The maximum atomic E-state index is 13.1. The fourth-order valence-corrected chi connectivity index (χ4v) is 4.41. The second-order valence-corrected chi connectivity index (χ2v) is 9.22. The summed E-state index contributed by atoms with van der Waals surface area (Å²) < 4.78 is 22.9. The first-order valence-corrected chi connectivity index (χ1v) is 11.4. The average molecular weight is 456 g/mol. The van der Waals surface area contributed by atoms with Gasteiger partial charge in [-0.2, -0.15) is 0 Å². The monoisotopic (exact) mass is 456 g/mol. The maximum Gasteiger partial charge on any atom is 0.264 e. The number of hydrogen-bond acceptors (Lipinski definition) is 7. The van der Waals surface area contributed by atoms with E-state index in [1.165, 1.54) is 18.2 Å². The van der Waals surface area contributed by atoms with Gasteiger partial charge in [-0.3, -0.25) is 29.4 Å². The first-order valence-electron chi connectivity index (χ1n) is 9.82. The van der Waals surface area contributed by atoms with E-state index in [9.17, 15) is 27.6 Å². The van der Waals surface area contributed by atoms with Gasteiger partial charge >= 0.3 is 0 Å². The summed E-state index contributed by atoms with van der Waals surface area (Å²) in [6.45, 7) is 1.81. The Hall–Kier alpha value is -3.57. The number of nitrogens with one attached hydrogen (secondary N) is 2. The van der Waals surface area contributed by atoms with Crippen LogP contribution in [0.3, 0.4) is 0 Å². The molecule has 2 aromatic carbocycles. The highest BCUT2D eigenvalue weighted by Crippen LogP contribution is 2.34. The fraction of sp³-hybridized carbons (Fsp3) is 0.238. The number of anilines is 1. The van der Waals surface area contributed by atoms with Crippen molar-refractivity contribution < 1.29 is 27.6 Å². The lowest BCUT2D eigenvalue weighted by molar-refractivity contribution is -0.136.